The molecular formula is C19H21NOS. The summed E-state index contributed by atoms with van der Waals surface area (Å²) in [4.78, 5) is 15.2. The van der Waals surface area contributed by atoms with Crippen LogP contribution < -0.4 is 0 Å². The van der Waals surface area contributed by atoms with Crippen molar-refractivity contribution in [3.05, 3.63) is 48.0 Å². The molecule has 2 atom stereocenters. The van der Waals surface area contributed by atoms with E-state index in [1.807, 2.05) is 30.0 Å². The van der Waals surface area contributed by atoms with Crippen molar-refractivity contribution in [3.8, 4) is 0 Å². The Morgan fingerprint density at radius 1 is 1.05 bits per heavy atom. The zero-order chi connectivity index (χ0) is 15.1. The lowest BCUT2D eigenvalue weighted by Gasteiger charge is -2.38. The molecule has 0 radical (unpaired) electrons. The minimum absolute atomic E-state index is 0.234. The predicted octanol–water partition coefficient (Wildman–Crippen LogP) is 4.34. The average Bonchev–Trinajstić information content (AvgIpc) is 2.83. The molecule has 114 valence electrons. The van der Waals surface area contributed by atoms with Crippen molar-refractivity contribution >= 4 is 28.4 Å². The van der Waals surface area contributed by atoms with E-state index in [1.54, 1.807) is 0 Å². The Bertz CT molecular complexity index is 699. The number of piperidine rings is 1. The summed E-state index contributed by atoms with van der Waals surface area (Å²) in [5.41, 5.74) is 0.846. The summed E-state index contributed by atoms with van der Waals surface area (Å²) in [6, 6.07) is 15.3. The second kappa shape index (κ2) is 5.62. The number of carbonyl (C=O) groups is 1. The molecule has 1 amide bonds. The summed E-state index contributed by atoms with van der Waals surface area (Å²) >= 11 is 1.97. The van der Waals surface area contributed by atoms with Crippen molar-refractivity contribution in [2.24, 2.45) is 0 Å². The summed E-state index contributed by atoms with van der Waals surface area (Å²) in [7, 11) is 0. The zero-order valence-corrected chi connectivity index (χ0v) is 13.7. The number of hydrogen-bond donors (Lipinski definition) is 0. The Labute approximate surface area is 135 Å². The topological polar surface area (TPSA) is 20.3 Å². The lowest BCUT2D eigenvalue weighted by atomic mass is 10.00. The molecule has 4 rings (SSSR count). The van der Waals surface area contributed by atoms with Crippen LogP contribution in [-0.4, -0.2) is 34.4 Å². The fourth-order valence-electron chi connectivity index (χ4n) is 4.12. The van der Waals surface area contributed by atoms with Gasteiger partial charge in [-0.2, -0.15) is 11.8 Å². The van der Waals surface area contributed by atoms with Crippen LogP contribution >= 0.6 is 11.8 Å². The highest BCUT2D eigenvalue weighted by atomic mass is 32.2. The lowest BCUT2D eigenvalue weighted by molar-refractivity contribution is 0.0602. The first kappa shape index (κ1) is 14.1. The molecule has 2 aromatic rings. The van der Waals surface area contributed by atoms with Gasteiger partial charge < -0.3 is 4.90 Å². The van der Waals surface area contributed by atoms with Crippen LogP contribution in [0, 0.1) is 0 Å². The monoisotopic (exact) mass is 311 g/mol. The minimum Gasteiger partial charge on any atom is -0.333 e. The van der Waals surface area contributed by atoms with Crippen molar-refractivity contribution < 1.29 is 4.79 Å². The van der Waals surface area contributed by atoms with Gasteiger partial charge in [0.15, 0.2) is 0 Å². The van der Waals surface area contributed by atoms with E-state index in [-0.39, 0.29) is 5.91 Å². The summed E-state index contributed by atoms with van der Waals surface area (Å²) in [5.74, 6) is 0.234. The maximum atomic E-state index is 13.0. The SMILES string of the molecule is CSC1CC2CCC(C1)N2C(=O)c1ccc2ccccc2c1. The smallest absolute Gasteiger partial charge is 0.254 e. The van der Waals surface area contributed by atoms with Gasteiger partial charge in [-0.3, -0.25) is 4.79 Å². The number of nitrogens with zero attached hydrogens (tertiary/aromatic N) is 1. The first-order valence-electron chi connectivity index (χ1n) is 8.10. The molecule has 0 aromatic heterocycles. The van der Waals surface area contributed by atoms with Crippen LogP contribution in [0.25, 0.3) is 10.8 Å². The first-order chi connectivity index (χ1) is 10.8. The number of hydrogen-bond acceptors (Lipinski definition) is 2. The molecule has 2 aliphatic rings. The molecule has 2 bridgehead atoms. The van der Waals surface area contributed by atoms with Crippen molar-refractivity contribution in [2.75, 3.05) is 6.26 Å². The van der Waals surface area contributed by atoms with Gasteiger partial charge in [-0.05, 0) is 54.8 Å². The van der Waals surface area contributed by atoms with E-state index in [0.29, 0.717) is 12.1 Å². The molecule has 2 unspecified atom stereocenters. The molecule has 0 aliphatic carbocycles. The molecule has 0 spiro atoms. The van der Waals surface area contributed by atoms with E-state index < -0.39 is 0 Å². The van der Waals surface area contributed by atoms with Crippen molar-refractivity contribution in [2.45, 2.75) is 43.0 Å². The van der Waals surface area contributed by atoms with E-state index in [2.05, 4.69) is 35.4 Å². The van der Waals surface area contributed by atoms with Gasteiger partial charge in [0, 0.05) is 22.9 Å². The van der Waals surface area contributed by atoms with E-state index in [0.717, 1.165) is 29.0 Å². The third-order valence-corrected chi connectivity index (χ3v) is 6.31. The quantitative estimate of drug-likeness (QED) is 0.822. The normalized spacial score (nSPS) is 27.3. The minimum atomic E-state index is 0.234. The highest BCUT2D eigenvalue weighted by Crippen LogP contribution is 2.40. The molecule has 22 heavy (non-hydrogen) atoms. The van der Waals surface area contributed by atoms with Gasteiger partial charge in [0.05, 0.1) is 0 Å². The van der Waals surface area contributed by atoms with Gasteiger partial charge >= 0.3 is 0 Å². The van der Waals surface area contributed by atoms with Crippen molar-refractivity contribution in [1.29, 1.82) is 0 Å². The number of fused-ring (bicyclic) bond motifs is 3. The second-order valence-electron chi connectivity index (χ2n) is 6.49. The summed E-state index contributed by atoms with van der Waals surface area (Å²) in [6.45, 7) is 0. The fourth-order valence-corrected chi connectivity index (χ4v) is 4.95. The molecule has 2 nitrogen and oxygen atoms in total. The van der Waals surface area contributed by atoms with Crippen LogP contribution in [0.2, 0.25) is 0 Å². The highest BCUT2D eigenvalue weighted by molar-refractivity contribution is 7.99. The maximum absolute atomic E-state index is 13.0. The summed E-state index contributed by atoms with van der Waals surface area (Å²) in [6.07, 6.45) is 6.89. The maximum Gasteiger partial charge on any atom is 0.254 e. The molecule has 0 saturated carbocycles. The third kappa shape index (κ3) is 2.32. The van der Waals surface area contributed by atoms with Gasteiger partial charge in [0.25, 0.3) is 5.91 Å². The molecule has 0 N–H and O–H groups in total. The highest BCUT2D eigenvalue weighted by Gasteiger charge is 2.43. The lowest BCUT2D eigenvalue weighted by Crippen LogP contribution is -2.47. The van der Waals surface area contributed by atoms with Crippen LogP contribution in [-0.2, 0) is 0 Å². The Morgan fingerprint density at radius 2 is 1.73 bits per heavy atom. The average molecular weight is 311 g/mol. The summed E-state index contributed by atoms with van der Waals surface area (Å²) in [5, 5.41) is 3.08. The van der Waals surface area contributed by atoms with Crippen LogP contribution in [0.1, 0.15) is 36.0 Å². The molecule has 2 aliphatic heterocycles. The van der Waals surface area contributed by atoms with E-state index >= 15 is 0 Å². The number of amides is 1. The van der Waals surface area contributed by atoms with Crippen LogP contribution in [0.4, 0.5) is 0 Å². The third-order valence-electron chi connectivity index (χ3n) is 5.25. The number of rotatable bonds is 2. The molecular weight excluding hydrogens is 290 g/mol. The summed E-state index contributed by atoms with van der Waals surface area (Å²) < 4.78 is 0. The van der Waals surface area contributed by atoms with Gasteiger partial charge in [-0.1, -0.05) is 30.3 Å². The second-order valence-corrected chi connectivity index (χ2v) is 7.63. The fraction of sp³-hybridized carbons (Fsp3) is 0.421. The van der Waals surface area contributed by atoms with Gasteiger partial charge in [-0.15, -0.1) is 0 Å². The molecule has 3 heteroatoms. The Morgan fingerprint density at radius 3 is 2.41 bits per heavy atom. The van der Waals surface area contributed by atoms with E-state index in [9.17, 15) is 4.79 Å². The number of carbonyl (C=O) groups excluding carboxylic acids is 1. The molecule has 2 heterocycles. The van der Waals surface area contributed by atoms with Crippen LogP contribution in [0.5, 0.6) is 0 Å². The molecule has 2 saturated heterocycles. The van der Waals surface area contributed by atoms with Crippen LogP contribution in [0.3, 0.4) is 0 Å². The predicted molar refractivity (Wildman–Crippen MR) is 93.5 cm³/mol. The number of thioether (sulfide) groups is 1. The van der Waals surface area contributed by atoms with Crippen molar-refractivity contribution in [3.63, 3.8) is 0 Å². The van der Waals surface area contributed by atoms with Gasteiger partial charge in [-0.25, -0.2) is 0 Å². The van der Waals surface area contributed by atoms with Crippen LogP contribution in [0.15, 0.2) is 42.5 Å². The Balaban J connectivity index is 1.63. The standard InChI is InChI=1S/C19H21NOS/c1-22-18-11-16-8-9-17(12-18)20(16)19(21)15-7-6-13-4-2-3-5-14(13)10-15/h2-7,10,16-18H,8-9,11-12H2,1H3. The Kier molecular flexibility index (Phi) is 3.61. The number of benzene rings is 2. The first-order valence-corrected chi connectivity index (χ1v) is 9.39. The molecule has 2 aromatic carbocycles. The Hall–Kier alpha value is -1.48. The van der Waals surface area contributed by atoms with E-state index in [4.69, 9.17) is 0 Å². The molecule has 2 fully saturated rings. The van der Waals surface area contributed by atoms with Crippen molar-refractivity contribution in [1.82, 2.24) is 4.90 Å². The van der Waals surface area contributed by atoms with Gasteiger partial charge in [0.2, 0.25) is 0 Å². The zero-order valence-electron chi connectivity index (χ0n) is 12.9. The van der Waals surface area contributed by atoms with Gasteiger partial charge in [0.1, 0.15) is 0 Å². The van der Waals surface area contributed by atoms with E-state index in [1.165, 1.54) is 18.2 Å². The largest absolute Gasteiger partial charge is 0.333 e.